The maximum absolute atomic E-state index is 9.86. The minimum atomic E-state index is 0.511. The number of carbonyl (C=O) groups is 1. The molecule has 17 heavy (non-hydrogen) atoms. The van der Waals surface area contributed by atoms with Gasteiger partial charge >= 0.3 is 6.41 Å². The molecular formula is C13H24NO3. The fourth-order valence-corrected chi connectivity index (χ4v) is 1.74. The molecule has 0 heterocycles. The summed E-state index contributed by atoms with van der Waals surface area (Å²) in [5, 5.41) is 2.54. The Hall–Kier alpha value is -1.06. The number of ether oxygens (including phenoxy) is 1. The monoisotopic (exact) mass is 242 g/mol. The SMILES string of the molecule is O=[C]NCCCCCCCCCCCOC=O. The molecule has 0 aliphatic carbocycles. The highest BCUT2D eigenvalue weighted by Crippen LogP contribution is 2.09. The Kier molecular flexibility index (Phi) is 14.0. The van der Waals surface area contributed by atoms with E-state index in [1.807, 2.05) is 0 Å². The van der Waals surface area contributed by atoms with E-state index in [2.05, 4.69) is 10.1 Å². The summed E-state index contributed by atoms with van der Waals surface area (Å²) >= 11 is 0. The zero-order valence-electron chi connectivity index (χ0n) is 10.6. The van der Waals surface area contributed by atoms with Crippen LogP contribution in [0.5, 0.6) is 0 Å². The molecule has 99 valence electrons. The second kappa shape index (κ2) is 14.9. The maximum atomic E-state index is 9.86. The first-order chi connectivity index (χ1) is 8.41. The van der Waals surface area contributed by atoms with Crippen molar-refractivity contribution in [1.29, 1.82) is 0 Å². The average Bonchev–Trinajstić information content (AvgIpc) is 2.35. The molecule has 4 nitrogen and oxygen atoms in total. The third kappa shape index (κ3) is 14.9. The molecule has 0 aromatic rings. The van der Waals surface area contributed by atoms with E-state index in [0.717, 1.165) is 25.8 Å². The Morgan fingerprint density at radius 1 is 0.882 bits per heavy atom. The second-order valence-corrected chi connectivity index (χ2v) is 4.18. The molecular weight excluding hydrogens is 218 g/mol. The summed E-state index contributed by atoms with van der Waals surface area (Å²) in [5.74, 6) is 0. The lowest BCUT2D eigenvalue weighted by molar-refractivity contribution is -0.128. The number of rotatable bonds is 14. The van der Waals surface area contributed by atoms with Crippen molar-refractivity contribution in [2.45, 2.75) is 57.8 Å². The molecule has 1 amide bonds. The van der Waals surface area contributed by atoms with Crippen LogP contribution in [-0.4, -0.2) is 26.0 Å². The van der Waals surface area contributed by atoms with Crippen LogP contribution >= 0.6 is 0 Å². The van der Waals surface area contributed by atoms with Crippen molar-refractivity contribution in [2.75, 3.05) is 13.2 Å². The summed E-state index contributed by atoms with van der Waals surface area (Å²) in [5.41, 5.74) is 0. The van der Waals surface area contributed by atoms with Gasteiger partial charge in [0.15, 0.2) is 0 Å². The van der Waals surface area contributed by atoms with E-state index in [4.69, 9.17) is 0 Å². The van der Waals surface area contributed by atoms with Crippen LogP contribution in [0.2, 0.25) is 0 Å². The molecule has 0 saturated carbocycles. The molecule has 4 heteroatoms. The Morgan fingerprint density at radius 3 is 1.94 bits per heavy atom. The van der Waals surface area contributed by atoms with E-state index in [1.54, 1.807) is 6.41 Å². The van der Waals surface area contributed by atoms with E-state index in [-0.39, 0.29) is 0 Å². The fourth-order valence-electron chi connectivity index (χ4n) is 1.74. The van der Waals surface area contributed by atoms with Crippen molar-refractivity contribution in [3.8, 4) is 0 Å². The summed E-state index contributed by atoms with van der Waals surface area (Å²) < 4.78 is 4.61. The van der Waals surface area contributed by atoms with Crippen LogP contribution in [0.3, 0.4) is 0 Å². The molecule has 0 saturated heterocycles. The highest BCUT2D eigenvalue weighted by molar-refractivity contribution is 5.46. The number of hydrogen-bond acceptors (Lipinski definition) is 3. The molecule has 0 atom stereocenters. The maximum Gasteiger partial charge on any atom is 0.309 e. The molecule has 0 aromatic carbocycles. The number of nitrogens with one attached hydrogen (secondary N) is 1. The van der Waals surface area contributed by atoms with Gasteiger partial charge in [-0.25, -0.2) is 0 Å². The van der Waals surface area contributed by atoms with E-state index in [9.17, 15) is 9.59 Å². The zero-order chi connectivity index (χ0) is 12.6. The van der Waals surface area contributed by atoms with Gasteiger partial charge in [0.1, 0.15) is 0 Å². The van der Waals surface area contributed by atoms with Crippen LogP contribution in [0, 0.1) is 0 Å². The van der Waals surface area contributed by atoms with Gasteiger partial charge in [-0.2, -0.15) is 0 Å². The van der Waals surface area contributed by atoms with E-state index in [0.29, 0.717) is 13.1 Å². The molecule has 0 aliphatic rings. The number of unbranched alkanes of at least 4 members (excludes halogenated alkanes) is 8. The minimum absolute atomic E-state index is 0.511. The fraction of sp³-hybridized carbons (Fsp3) is 0.846. The first-order valence-electron chi connectivity index (χ1n) is 6.57. The van der Waals surface area contributed by atoms with Crippen molar-refractivity contribution in [2.24, 2.45) is 0 Å². The van der Waals surface area contributed by atoms with Gasteiger partial charge in [0.25, 0.3) is 6.47 Å². The summed E-state index contributed by atoms with van der Waals surface area (Å²) in [6.07, 6.45) is 12.3. The van der Waals surface area contributed by atoms with Crippen molar-refractivity contribution >= 4 is 12.9 Å². The quantitative estimate of drug-likeness (QED) is 0.289. The highest BCUT2D eigenvalue weighted by atomic mass is 16.5. The van der Waals surface area contributed by atoms with Crippen molar-refractivity contribution < 1.29 is 14.3 Å². The van der Waals surface area contributed by atoms with Crippen molar-refractivity contribution in [1.82, 2.24) is 5.32 Å². The predicted molar refractivity (Wildman–Crippen MR) is 67.3 cm³/mol. The van der Waals surface area contributed by atoms with Crippen LogP contribution in [-0.2, 0) is 14.3 Å². The summed E-state index contributed by atoms with van der Waals surface area (Å²) in [6.45, 7) is 1.82. The lowest BCUT2D eigenvalue weighted by atomic mass is 10.1. The van der Waals surface area contributed by atoms with Crippen LogP contribution < -0.4 is 5.32 Å². The van der Waals surface area contributed by atoms with Gasteiger partial charge in [-0.3, -0.25) is 9.59 Å². The van der Waals surface area contributed by atoms with Crippen LogP contribution in [0.4, 0.5) is 0 Å². The van der Waals surface area contributed by atoms with Gasteiger partial charge in [0, 0.05) is 6.54 Å². The third-order valence-electron chi connectivity index (χ3n) is 2.70. The molecule has 0 unspecified atom stereocenters. The summed E-state index contributed by atoms with van der Waals surface area (Å²) in [4.78, 5) is 19.7. The van der Waals surface area contributed by atoms with E-state index in [1.165, 1.54) is 38.5 Å². The van der Waals surface area contributed by atoms with Gasteiger partial charge in [0.2, 0.25) is 0 Å². The Labute approximate surface area is 104 Å². The molecule has 0 aromatic heterocycles. The van der Waals surface area contributed by atoms with Crippen LogP contribution in [0.15, 0.2) is 0 Å². The molecule has 0 bridgehead atoms. The first kappa shape index (κ1) is 15.9. The van der Waals surface area contributed by atoms with E-state index >= 15 is 0 Å². The summed E-state index contributed by atoms with van der Waals surface area (Å²) in [7, 11) is 0. The minimum Gasteiger partial charge on any atom is -0.468 e. The molecule has 1 radical (unpaired) electrons. The largest absolute Gasteiger partial charge is 0.468 e. The normalized spacial score (nSPS) is 9.88. The van der Waals surface area contributed by atoms with E-state index < -0.39 is 0 Å². The Balaban J connectivity index is 2.89. The van der Waals surface area contributed by atoms with Gasteiger partial charge in [-0.1, -0.05) is 44.9 Å². The van der Waals surface area contributed by atoms with Crippen molar-refractivity contribution in [3.63, 3.8) is 0 Å². The topological polar surface area (TPSA) is 55.4 Å². The van der Waals surface area contributed by atoms with Gasteiger partial charge < -0.3 is 10.1 Å². The highest BCUT2D eigenvalue weighted by Gasteiger charge is 1.93. The number of hydrogen-bond donors (Lipinski definition) is 1. The lowest BCUT2D eigenvalue weighted by Crippen LogP contribution is -2.11. The zero-order valence-corrected chi connectivity index (χ0v) is 10.6. The molecule has 1 N–H and O–H groups in total. The van der Waals surface area contributed by atoms with Crippen molar-refractivity contribution in [3.05, 3.63) is 0 Å². The molecule has 0 spiro atoms. The van der Waals surface area contributed by atoms with Crippen LogP contribution in [0.25, 0.3) is 0 Å². The van der Waals surface area contributed by atoms with Gasteiger partial charge in [-0.15, -0.1) is 0 Å². The van der Waals surface area contributed by atoms with Gasteiger partial charge in [-0.05, 0) is 12.8 Å². The second-order valence-electron chi connectivity index (χ2n) is 4.18. The predicted octanol–water partition coefficient (Wildman–Crippen LogP) is 2.33. The molecule has 0 fully saturated rings. The van der Waals surface area contributed by atoms with Crippen LogP contribution in [0.1, 0.15) is 57.8 Å². The standard InChI is InChI=1S/C13H24NO3/c15-12-14-10-8-6-4-2-1-3-5-7-9-11-17-13-16/h13H,1-11H2,(H,14,15). The third-order valence-corrected chi connectivity index (χ3v) is 2.70. The molecule has 0 aliphatic heterocycles. The number of amides is 1. The smallest absolute Gasteiger partial charge is 0.309 e. The molecule has 0 rings (SSSR count). The lowest BCUT2D eigenvalue weighted by Gasteiger charge is -2.02. The first-order valence-corrected chi connectivity index (χ1v) is 6.57. The Morgan fingerprint density at radius 2 is 1.41 bits per heavy atom. The average molecular weight is 242 g/mol. The Bertz CT molecular complexity index is 156. The number of carbonyl (C=O) groups excluding carboxylic acids is 2. The summed E-state index contributed by atoms with van der Waals surface area (Å²) in [6, 6.07) is 0. The van der Waals surface area contributed by atoms with Gasteiger partial charge in [0.05, 0.1) is 6.61 Å².